The third kappa shape index (κ3) is 2.05. The first-order chi connectivity index (χ1) is 8.33. The van der Waals surface area contributed by atoms with E-state index in [4.69, 9.17) is 10.3 Å². The van der Waals surface area contributed by atoms with Crippen molar-refractivity contribution >= 4 is 0 Å². The quantitative estimate of drug-likeness (QED) is 0.797. The molecule has 3 N–H and O–H groups in total. The van der Waals surface area contributed by atoms with Gasteiger partial charge in [-0.15, -0.1) is 0 Å². The van der Waals surface area contributed by atoms with Gasteiger partial charge in [-0.1, -0.05) is 5.16 Å². The number of hydrogen-bond acceptors (Lipinski definition) is 6. The lowest BCUT2D eigenvalue weighted by Crippen LogP contribution is -2.25. The van der Waals surface area contributed by atoms with E-state index in [0.717, 1.165) is 25.7 Å². The molecule has 0 atom stereocenters. The summed E-state index contributed by atoms with van der Waals surface area (Å²) in [6.45, 7) is 0. The minimum atomic E-state index is 0.322. The van der Waals surface area contributed by atoms with Crippen molar-refractivity contribution in [2.24, 2.45) is 5.73 Å². The van der Waals surface area contributed by atoms with Crippen LogP contribution in [0.25, 0.3) is 11.6 Å². The van der Waals surface area contributed by atoms with E-state index in [1.165, 1.54) is 6.33 Å². The summed E-state index contributed by atoms with van der Waals surface area (Å²) in [5, 5.41) is 10.4. The highest BCUT2D eigenvalue weighted by atomic mass is 16.5. The SMILES string of the molecule is NC1CCC(c2nc(-c3ncn[nH]3)no2)CC1. The van der Waals surface area contributed by atoms with E-state index in [2.05, 4.69) is 25.3 Å². The van der Waals surface area contributed by atoms with Gasteiger partial charge >= 0.3 is 0 Å². The van der Waals surface area contributed by atoms with Gasteiger partial charge in [-0.2, -0.15) is 10.1 Å². The Kier molecular flexibility index (Phi) is 2.60. The van der Waals surface area contributed by atoms with E-state index in [1.807, 2.05) is 0 Å². The number of aromatic amines is 1. The zero-order valence-electron chi connectivity index (χ0n) is 9.33. The first kappa shape index (κ1) is 10.4. The van der Waals surface area contributed by atoms with Crippen LogP contribution >= 0.6 is 0 Å². The molecule has 2 heterocycles. The Bertz CT molecular complexity index is 471. The van der Waals surface area contributed by atoms with Crippen LogP contribution in [0.5, 0.6) is 0 Å². The number of nitrogens with one attached hydrogen (secondary N) is 1. The molecule has 3 rings (SSSR count). The van der Waals surface area contributed by atoms with Crippen LogP contribution in [0.1, 0.15) is 37.5 Å². The van der Waals surface area contributed by atoms with Gasteiger partial charge in [0.05, 0.1) is 0 Å². The third-order valence-corrected chi connectivity index (χ3v) is 3.19. The van der Waals surface area contributed by atoms with Gasteiger partial charge in [0.1, 0.15) is 6.33 Å². The third-order valence-electron chi connectivity index (χ3n) is 3.19. The normalized spacial score (nSPS) is 25.0. The van der Waals surface area contributed by atoms with Crippen LogP contribution in [-0.2, 0) is 0 Å². The Balaban J connectivity index is 1.76. The van der Waals surface area contributed by atoms with Crippen LogP contribution in [0.2, 0.25) is 0 Å². The van der Waals surface area contributed by atoms with Crippen molar-refractivity contribution in [3.05, 3.63) is 12.2 Å². The maximum Gasteiger partial charge on any atom is 0.239 e. The molecule has 1 aliphatic rings. The molecular formula is C10H14N6O. The molecule has 0 spiro atoms. The molecule has 0 amide bonds. The fourth-order valence-corrected chi connectivity index (χ4v) is 2.18. The number of aromatic nitrogens is 5. The number of nitrogens with two attached hydrogens (primary N) is 1. The monoisotopic (exact) mass is 234 g/mol. The summed E-state index contributed by atoms with van der Waals surface area (Å²) < 4.78 is 5.27. The van der Waals surface area contributed by atoms with Gasteiger partial charge in [-0.05, 0) is 25.7 Å². The number of rotatable bonds is 2. The average molecular weight is 234 g/mol. The molecule has 1 fully saturated rings. The molecule has 0 unspecified atom stereocenters. The molecule has 2 aromatic rings. The molecule has 0 radical (unpaired) electrons. The highest BCUT2D eigenvalue weighted by Crippen LogP contribution is 2.31. The van der Waals surface area contributed by atoms with E-state index < -0.39 is 0 Å². The Hall–Kier alpha value is -1.76. The molecule has 0 aliphatic heterocycles. The summed E-state index contributed by atoms with van der Waals surface area (Å²) in [6, 6.07) is 0.322. The predicted molar refractivity (Wildman–Crippen MR) is 58.9 cm³/mol. The number of hydrogen-bond donors (Lipinski definition) is 2. The smallest absolute Gasteiger partial charge is 0.239 e. The lowest BCUT2D eigenvalue weighted by Gasteiger charge is -2.22. The number of H-pyrrole nitrogens is 1. The summed E-state index contributed by atoms with van der Waals surface area (Å²) in [4.78, 5) is 8.33. The summed E-state index contributed by atoms with van der Waals surface area (Å²) in [5.41, 5.74) is 5.87. The number of nitrogens with zero attached hydrogens (tertiary/aromatic N) is 4. The van der Waals surface area contributed by atoms with Gasteiger partial charge in [0, 0.05) is 12.0 Å². The Morgan fingerprint density at radius 3 is 2.82 bits per heavy atom. The fourth-order valence-electron chi connectivity index (χ4n) is 2.18. The summed E-state index contributed by atoms with van der Waals surface area (Å²) in [6.07, 6.45) is 5.48. The van der Waals surface area contributed by atoms with E-state index in [9.17, 15) is 0 Å². The van der Waals surface area contributed by atoms with E-state index in [-0.39, 0.29) is 0 Å². The molecule has 0 aromatic carbocycles. The molecule has 1 saturated carbocycles. The minimum Gasteiger partial charge on any atom is -0.339 e. The second-order valence-electron chi connectivity index (χ2n) is 4.40. The molecular weight excluding hydrogens is 220 g/mol. The highest BCUT2D eigenvalue weighted by molar-refractivity contribution is 5.39. The van der Waals surface area contributed by atoms with Crippen molar-refractivity contribution in [2.75, 3.05) is 0 Å². The van der Waals surface area contributed by atoms with Crippen LogP contribution < -0.4 is 5.73 Å². The van der Waals surface area contributed by atoms with Gasteiger partial charge in [-0.25, -0.2) is 4.98 Å². The molecule has 2 aromatic heterocycles. The average Bonchev–Trinajstić information content (AvgIpc) is 3.00. The second-order valence-corrected chi connectivity index (χ2v) is 4.40. The van der Waals surface area contributed by atoms with Gasteiger partial charge in [0.15, 0.2) is 5.82 Å². The van der Waals surface area contributed by atoms with Crippen LogP contribution in [-0.4, -0.2) is 31.4 Å². The van der Waals surface area contributed by atoms with Crippen LogP contribution in [0, 0.1) is 0 Å². The van der Waals surface area contributed by atoms with Gasteiger partial charge in [0.25, 0.3) is 0 Å². The standard InChI is InChI=1S/C10H14N6O/c11-7-3-1-6(2-4-7)10-14-9(16-17-10)8-12-5-13-15-8/h5-7H,1-4,11H2,(H,12,13,15). The van der Waals surface area contributed by atoms with Crippen molar-refractivity contribution in [3.8, 4) is 11.6 Å². The zero-order chi connectivity index (χ0) is 11.7. The lowest BCUT2D eigenvalue weighted by atomic mass is 9.86. The first-order valence-electron chi connectivity index (χ1n) is 5.78. The topological polar surface area (TPSA) is 107 Å². The summed E-state index contributed by atoms with van der Waals surface area (Å²) in [7, 11) is 0. The van der Waals surface area contributed by atoms with Crippen LogP contribution in [0.4, 0.5) is 0 Å². The van der Waals surface area contributed by atoms with Crippen molar-refractivity contribution in [1.82, 2.24) is 25.3 Å². The molecule has 0 saturated heterocycles. The fraction of sp³-hybridized carbons (Fsp3) is 0.600. The van der Waals surface area contributed by atoms with Crippen molar-refractivity contribution < 1.29 is 4.52 Å². The second kappa shape index (κ2) is 4.25. The van der Waals surface area contributed by atoms with Crippen LogP contribution in [0.3, 0.4) is 0 Å². The predicted octanol–water partition coefficient (Wildman–Crippen LogP) is 0.840. The minimum absolute atomic E-state index is 0.322. The molecule has 17 heavy (non-hydrogen) atoms. The van der Waals surface area contributed by atoms with Gasteiger partial charge in [0.2, 0.25) is 11.7 Å². The largest absolute Gasteiger partial charge is 0.339 e. The molecule has 90 valence electrons. The maximum atomic E-state index is 5.87. The zero-order valence-corrected chi connectivity index (χ0v) is 9.33. The first-order valence-corrected chi connectivity index (χ1v) is 5.78. The molecule has 7 heteroatoms. The summed E-state index contributed by atoms with van der Waals surface area (Å²) >= 11 is 0. The van der Waals surface area contributed by atoms with E-state index >= 15 is 0 Å². The van der Waals surface area contributed by atoms with Crippen molar-refractivity contribution in [3.63, 3.8) is 0 Å². The van der Waals surface area contributed by atoms with E-state index in [0.29, 0.717) is 29.5 Å². The van der Waals surface area contributed by atoms with Crippen molar-refractivity contribution in [1.29, 1.82) is 0 Å². The van der Waals surface area contributed by atoms with Crippen LogP contribution in [0.15, 0.2) is 10.9 Å². The highest BCUT2D eigenvalue weighted by Gasteiger charge is 2.25. The van der Waals surface area contributed by atoms with Crippen molar-refractivity contribution in [2.45, 2.75) is 37.6 Å². The maximum absolute atomic E-state index is 5.87. The lowest BCUT2D eigenvalue weighted by molar-refractivity contribution is 0.301. The molecule has 7 nitrogen and oxygen atoms in total. The van der Waals surface area contributed by atoms with Gasteiger partial charge in [-0.3, -0.25) is 5.10 Å². The summed E-state index contributed by atoms with van der Waals surface area (Å²) in [5.74, 6) is 2.02. The molecule has 0 bridgehead atoms. The Morgan fingerprint density at radius 1 is 1.29 bits per heavy atom. The Labute approximate surface area is 97.8 Å². The molecule has 1 aliphatic carbocycles. The van der Waals surface area contributed by atoms with E-state index in [1.54, 1.807) is 0 Å². The van der Waals surface area contributed by atoms with Gasteiger partial charge < -0.3 is 10.3 Å². The Morgan fingerprint density at radius 2 is 2.12 bits per heavy atom.